The Bertz CT molecular complexity index is 499. The number of aliphatic hydroxyl groups excluding tert-OH is 1. The quantitative estimate of drug-likeness (QED) is 0.895. The van der Waals surface area contributed by atoms with Crippen LogP contribution in [0.15, 0.2) is 30.3 Å². The van der Waals surface area contributed by atoms with Crippen molar-refractivity contribution in [3.05, 3.63) is 35.9 Å². The van der Waals surface area contributed by atoms with Crippen molar-refractivity contribution < 1.29 is 14.6 Å². The maximum atomic E-state index is 12.1. The minimum absolute atomic E-state index is 0.368. The first-order valence-corrected chi connectivity index (χ1v) is 8.27. The van der Waals surface area contributed by atoms with Gasteiger partial charge in [0, 0.05) is 13.1 Å². The van der Waals surface area contributed by atoms with Gasteiger partial charge in [-0.2, -0.15) is 0 Å². The number of likely N-dealkylation sites (tertiary alicyclic amines) is 1. The van der Waals surface area contributed by atoms with Gasteiger partial charge in [-0.3, -0.25) is 4.90 Å². The summed E-state index contributed by atoms with van der Waals surface area (Å²) < 4.78 is 5.33. The van der Waals surface area contributed by atoms with Crippen LogP contribution in [-0.2, 0) is 11.3 Å². The fourth-order valence-electron chi connectivity index (χ4n) is 2.75. The molecule has 2 atom stereocenters. The third kappa shape index (κ3) is 5.84. The molecule has 2 unspecified atom stereocenters. The largest absolute Gasteiger partial charge is 0.444 e. The first kappa shape index (κ1) is 17.8. The Labute approximate surface area is 138 Å². The van der Waals surface area contributed by atoms with E-state index >= 15 is 0 Å². The number of nitrogens with zero attached hydrogens (tertiary/aromatic N) is 1. The van der Waals surface area contributed by atoms with Crippen molar-refractivity contribution >= 4 is 6.09 Å². The summed E-state index contributed by atoms with van der Waals surface area (Å²) in [5.74, 6) is 0.368. The van der Waals surface area contributed by atoms with Crippen LogP contribution in [0.3, 0.4) is 0 Å². The zero-order chi connectivity index (χ0) is 16.9. The van der Waals surface area contributed by atoms with Crippen LogP contribution in [0.25, 0.3) is 0 Å². The van der Waals surface area contributed by atoms with E-state index in [0.717, 1.165) is 19.5 Å². The fraction of sp³-hybridized carbons (Fsp3) is 0.611. The number of amides is 1. The lowest BCUT2D eigenvalue weighted by Crippen LogP contribution is -2.49. The third-order valence-corrected chi connectivity index (χ3v) is 3.92. The highest BCUT2D eigenvalue weighted by atomic mass is 16.6. The Morgan fingerprint density at radius 1 is 1.35 bits per heavy atom. The van der Waals surface area contributed by atoms with Crippen LogP contribution >= 0.6 is 0 Å². The zero-order valence-corrected chi connectivity index (χ0v) is 14.3. The number of carbonyl (C=O) groups is 1. The molecule has 1 aromatic rings. The molecular weight excluding hydrogens is 292 g/mol. The van der Waals surface area contributed by atoms with Gasteiger partial charge in [0.2, 0.25) is 0 Å². The molecule has 0 bridgehead atoms. The van der Waals surface area contributed by atoms with E-state index in [1.165, 1.54) is 10.5 Å². The van der Waals surface area contributed by atoms with E-state index in [0.29, 0.717) is 18.9 Å². The van der Waals surface area contributed by atoms with E-state index in [-0.39, 0.29) is 0 Å². The lowest BCUT2D eigenvalue weighted by molar-refractivity contribution is -0.0562. The maximum absolute atomic E-state index is 12.1. The van der Waals surface area contributed by atoms with Crippen LogP contribution in [0, 0.1) is 5.92 Å². The monoisotopic (exact) mass is 320 g/mol. The summed E-state index contributed by atoms with van der Waals surface area (Å²) >= 11 is 0. The van der Waals surface area contributed by atoms with Gasteiger partial charge in [-0.05, 0) is 51.6 Å². The van der Waals surface area contributed by atoms with Crippen molar-refractivity contribution in [2.75, 3.05) is 13.1 Å². The van der Waals surface area contributed by atoms with Gasteiger partial charge >= 0.3 is 6.09 Å². The van der Waals surface area contributed by atoms with Crippen molar-refractivity contribution in [1.82, 2.24) is 10.2 Å². The smallest absolute Gasteiger partial charge is 0.412 e. The minimum atomic E-state index is -0.762. The summed E-state index contributed by atoms with van der Waals surface area (Å²) in [6, 6.07) is 10.2. The second-order valence-electron chi connectivity index (χ2n) is 7.16. The molecule has 1 aromatic carbocycles. The molecule has 1 saturated heterocycles. The number of hydrogen-bond donors (Lipinski definition) is 2. The van der Waals surface area contributed by atoms with E-state index in [9.17, 15) is 9.90 Å². The number of ether oxygens (including phenoxy) is 1. The van der Waals surface area contributed by atoms with Crippen molar-refractivity contribution in [2.24, 2.45) is 5.92 Å². The molecule has 2 rings (SSSR count). The summed E-state index contributed by atoms with van der Waals surface area (Å²) in [6.45, 7) is 7.69. The molecule has 0 aromatic heterocycles. The number of aliphatic hydroxyl groups is 1. The highest BCUT2D eigenvalue weighted by molar-refractivity contribution is 5.68. The molecule has 0 aliphatic carbocycles. The minimum Gasteiger partial charge on any atom is -0.444 e. The van der Waals surface area contributed by atoms with Crippen molar-refractivity contribution in [3.8, 4) is 0 Å². The van der Waals surface area contributed by atoms with Gasteiger partial charge in [-0.25, -0.2) is 4.79 Å². The standard InChI is InChI=1S/C18H28N2O3/c1-18(2,3)23-17(22)20-10-9-15(11-16(20)21)13-19-12-14-7-5-4-6-8-14/h4-8,15-16,19,21H,9-13H2,1-3H3. The zero-order valence-electron chi connectivity index (χ0n) is 14.3. The maximum Gasteiger partial charge on any atom is 0.412 e. The van der Waals surface area contributed by atoms with Gasteiger partial charge in [-0.1, -0.05) is 30.3 Å². The Morgan fingerprint density at radius 2 is 2.04 bits per heavy atom. The first-order chi connectivity index (χ1) is 10.8. The van der Waals surface area contributed by atoms with Crippen LogP contribution in [0.2, 0.25) is 0 Å². The number of rotatable bonds is 4. The Balaban J connectivity index is 1.74. The molecule has 5 heteroatoms. The highest BCUT2D eigenvalue weighted by Gasteiger charge is 2.32. The molecule has 1 aliphatic heterocycles. The molecule has 1 fully saturated rings. The molecular formula is C18H28N2O3. The average molecular weight is 320 g/mol. The third-order valence-electron chi connectivity index (χ3n) is 3.92. The van der Waals surface area contributed by atoms with E-state index in [1.54, 1.807) is 0 Å². The van der Waals surface area contributed by atoms with Gasteiger partial charge in [0.25, 0.3) is 0 Å². The van der Waals surface area contributed by atoms with Crippen molar-refractivity contribution in [3.63, 3.8) is 0 Å². The van der Waals surface area contributed by atoms with Gasteiger partial charge < -0.3 is 15.2 Å². The Morgan fingerprint density at radius 3 is 2.65 bits per heavy atom. The predicted molar refractivity (Wildman–Crippen MR) is 89.8 cm³/mol. The van der Waals surface area contributed by atoms with Crippen molar-refractivity contribution in [2.45, 2.75) is 52.0 Å². The topological polar surface area (TPSA) is 61.8 Å². The molecule has 1 amide bonds. The fourth-order valence-corrected chi connectivity index (χ4v) is 2.75. The number of carbonyl (C=O) groups excluding carboxylic acids is 1. The number of hydrogen-bond acceptors (Lipinski definition) is 4. The lowest BCUT2D eigenvalue weighted by Gasteiger charge is -2.37. The summed E-state index contributed by atoms with van der Waals surface area (Å²) in [4.78, 5) is 13.5. The molecule has 128 valence electrons. The Kier molecular flexibility index (Phi) is 6.02. The van der Waals surface area contributed by atoms with E-state index < -0.39 is 17.9 Å². The molecule has 0 radical (unpaired) electrons. The van der Waals surface area contributed by atoms with Gasteiger partial charge in [0.1, 0.15) is 11.8 Å². The van der Waals surface area contributed by atoms with E-state index in [2.05, 4.69) is 17.4 Å². The molecule has 0 spiro atoms. The average Bonchev–Trinajstić information content (AvgIpc) is 2.46. The van der Waals surface area contributed by atoms with Gasteiger partial charge in [0.05, 0.1) is 0 Å². The number of nitrogens with one attached hydrogen (secondary N) is 1. The molecule has 5 nitrogen and oxygen atoms in total. The Hall–Kier alpha value is -1.59. The van der Waals surface area contributed by atoms with Crippen molar-refractivity contribution in [1.29, 1.82) is 0 Å². The first-order valence-electron chi connectivity index (χ1n) is 8.27. The molecule has 1 heterocycles. The summed E-state index contributed by atoms with van der Waals surface area (Å²) in [7, 11) is 0. The summed E-state index contributed by atoms with van der Waals surface area (Å²) in [5.41, 5.74) is 0.712. The summed E-state index contributed by atoms with van der Waals surface area (Å²) in [6.07, 6.45) is 0.266. The molecule has 2 N–H and O–H groups in total. The van der Waals surface area contributed by atoms with Gasteiger partial charge in [-0.15, -0.1) is 0 Å². The number of piperidine rings is 1. The number of benzene rings is 1. The second kappa shape index (κ2) is 7.79. The molecule has 0 saturated carbocycles. The van der Waals surface area contributed by atoms with Gasteiger partial charge in [0.15, 0.2) is 0 Å². The second-order valence-corrected chi connectivity index (χ2v) is 7.16. The highest BCUT2D eigenvalue weighted by Crippen LogP contribution is 2.23. The van der Waals surface area contributed by atoms with Crippen LogP contribution in [0.1, 0.15) is 39.2 Å². The predicted octanol–water partition coefficient (Wildman–Crippen LogP) is 2.74. The van der Waals surface area contributed by atoms with Crippen LogP contribution in [-0.4, -0.2) is 41.0 Å². The van der Waals surface area contributed by atoms with Crippen LogP contribution in [0.5, 0.6) is 0 Å². The molecule has 23 heavy (non-hydrogen) atoms. The molecule has 1 aliphatic rings. The summed E-state index contributed by atoms with van der Waals surface area (Å²) in [5, 5.41) is 13.6. The van der Waals surface area contributed by atoms with E-state index in [4.69, 9.17) is 4.74 Å². The normalized spacial score (nSPS) is 22.0. The SMILES string of the molecule is CC(C)(C)OC(=O)N1CCC(CNCc2ccccc2)CC1O. The van der Waals surface area contributed by atoms with Crippen LogP contribution < -0.4 is 5.32 Å². The lowest BCUT2D eigenvalue weighted by atomic mass is 9.95. The van der Waals surface area contributed by atoms with Crippen LogP contribution in [0.4, 0.5) is 4.79 Å². The van der Waals surface area contributed by atoms with E-state index in [1.807, 2.05) is 39.0 Å².